The summed E-state index contributed by atoms with van der Waals surface area (Å²) in [7, 11) is 4.21. The lowest BCUT2D eigenvalue weighted by atomic mass is 9.90. The first-order valence-electron chi connectivity index (χ1n) is 10.3. The zero-order chi connectivity index (χ0) is 22.2. The van der Waals surface area contributed by atoms with Crippen LogP contribution in [0.15, 0.2) is 42.5 Å². The predicted octanol–water partition coefficient (Wildman–Crippen LogP) is 5.31. The van der Waals surface area contributed by atoms with Gasteiger partial charge in [-0.1, -0.05) is 24.3 Å². The number of aromatic nitrogens is 2. The Labute approximate surface area is 178 Å². The first kappa shape index (κ1) is 21.4. The number of halogens is 3. The highest BCUT2D eigenvalue weighted by Crippen LogP contribution is 2.39. The number of phenols is 1. The minimum atomic E-state index is -4.52. The van der Waals surface area contributed by atoms with Crippen LogP contribution in [0.2, 0.25) is 0 Å². The highest BCUT2D eigenvalue weighted by atomic mass is 19.4. The Hall–Kier alpha value is -2.87. The molecule has 0 amide bonds. The highest BCUT2D eigenvalue weighted by Gasteiger charge is 2.31. The molecule has 1 heterocycles. The van der Waals surface area contributed by atoms with E-state index in [1.807, 2.05) is 24.3 Å². The first-order chi connectivity index (χ1) is 14.7. The molecule has 5 nitrogen and oxygen atoms in total. The van der Waals surface area contributed by atoms with E-state index in [9.17, 15) is 18.3 Å². The van der Waals surface area contributed by atoms with Gasteiger partial charge in [0.1, 0.15) is 11.4 Å². The van der Waals surface area contributed by atoms with Gasteiger partial charge in [0.25, 0.3) is 0 Å². The summed E-state index contributed by atoms with van der Waals surface area (Å²) >= 11 is 0. The molecule has 1 aliphatic carbocycles. The molecule has 0 atom stereocenters. The lowest BCUT2D eigenvalue weighted by Gasteiger charge is -2.33. The molecule has 1 saturated carbocycles. The largest absolute Gasteiger partial charge is 0.507 e. The third-order valence-corrected chi connectivity index (χ3v) is 6.04. The average molecular weight is 430 g/mol. The van der Waals surface area contributed by atoms with Gasteiger partial charge in [0.15, 0.2) is 5.82 Å². The van der Waals surface area contributed by atoms with Crippen molar-refractivity contribution < 1.29 is 18.3 Å². The van der Waals surface area contributed by atoms with Crippen LogP contribution in [0.1, 0.15) is 31.2 Å². The van der Waals surface area contributed by atoms with Gasteiger partial charge in [0.2, 0.25) is 0 Å². The summed E-state index contributed by atoms with van der Waals surface area (Å²) in [4.78, 5) is 2.26. The molecular formula is C23H25F3N4O. The van der Waals surface area contributed by atoms with E-state index in [0.29, 0.717) is 23.6 Å². The topological polar surface area (TPSA) is 61.3 Å². The maximum Gasteiger partial charge on any atom is 0.416 e. The normalized spacial score (nSPS) is 19.7. The fourth-order valence-electron chi connectivity index (χ4n) is 4.25. The van der Waals surface area contributed by atoms with E-state index in [-0.39, 0.29) is 5.56 Å². The molecule has 8 heteroatoms. The number of nitrogens with one attached hydrogen (secondary N) is 1. The minimum absolute atomic E-state index is 0.217. The third kappa shape index (κ3) is 4.44. The van der Waals surface area contributed by atoms with Crippen LogP contribution in [0, 0.1) is 0 Å². The molecule has 0 unspecified atom stereocenters. The second-order valence-electron chi connectivity index (χ2n) is 8.29. The Morgan fingerprint density at radius 2 is 1.65 bits per heavy atom. The summed E-state index contributed by atoms with van der Waals surface area (Å²) in [5.41, 5.74) is -0.337. The Morgan fingerprint density at radius 1 is 0.968 bits per heavy atom. The van der Waals surface area contributed by atoms with Gasteiger partial charge >= 0.3 is 6.18 Å². The maximum absolute atomic E-state index is 12.9. The van der Waals surface area contributed by atoms with E-state index in [1.54, 1.807) is 0 Å². The Morgan fingerprint density at radius 3 is 2.26 bits per heavy atom. The molecule has 4 rings (SSSR count). The van der Waals surface area contributed by atoms with Crippen molar-refractivity contribution in [3.63, 3.8) is 0 Å². The van der Waals surface area contributed by atoms with Crippen LogP contribution >= 0.6 is 0 Å². The fraction of sp³-hybridized carbons (Fsp3) is 0.391. The van der Waals surface area contributed by atoms with Gasteiger partial charge in [0.05, 0.1) is 5.56 Å². The van der Waals surface area contributed by atoms with Gasteiger partial charge in [-0.25, -0.2) is 0 Å². The van der Waals surface area contributed by atoms with Crippen LogP contribution in [-0.4, -0.2) is 46.4 Å². The minimum Gasteiger partial charge on any atom is -0.507 e. The molecule has 2 aromatic carbocycles. The number of anilines is 1. The van der Waals surface area contributed by atoms with Crippen LogP contribution in [0.25, 0.3) is 22.0 Å². The number of aromatic hydroxyl groups is 1. The summed E-state index contributed by atoms with van der Waals surface area (Å²) in [5.74, 6) is 0.177. The van der Waals surface area contributed by atoms with Crippen molar-refractivity contribution >= 4 is 16.6 Å². The second-order valence-corrected chi connectivity index (χ2v) is 8.29. The standard InChI is InChI=1S/C23H25F3N4O/c1-30(2)16-10-8-15(9-11-16)27-22-18-6-4-3-5-17(18)21(28-29-22)19-12-7-14(13-20(19)31)23(24,25)26/h3-7,12-13,15-16,31H,8-11H2,1-2H3,(H,27,29)/t15-,16-. The molecule has 1 fully saturated rings. The van der Waals surface area contributed by atoms with E-state index >= 15 is 0 Å². The number of rotatable bonds is 4. The molecule has 0 saturated heterocycles. The second kappa shape index (κ2) is 8.34. The van der Waals surface area contributed by atoms with Gasteiger partial charge in [-0.05, 0) is 58.0 Å². The summed E-state index contributed by atoms with van der Waals surface area (Å²) < 4.78 is 38.8. The van der Waals surface area contributed by atoms with Crippen LogP contribution in [0.4, 0.5) is 19.0 Å². The van der Waals surface area contributed by atoms with Gasteiger partial charge in [0, 0.05) is 28.4 Å². The van der Waals surface area contributed by atoms with Gasteiger partial charge < -0.3 is 15.3 Å². The van der Waals surface area contributed by atoms with Crippen molar-refractivity contribution in [1.29, 1.82) is 0 Å². The van der Waals surface area contributed by atoms with E-state index in [2.05, 4.69) is 34.5 Å². The van der Waals surface area contributed by atoms with Gasteiger partial charge in [-0.2, -0.15) is 13.2 Å². The number of nitrogens with zero attached hydrogens (tertiary/aromatic N) is 3. The van der Waals surface area contributed by atoms with Crippen LogP contribution in [0.5, 0.6) is 5.75 Å². The summed E-state index contributed by atoms with van der Waals surface area (Å²) in [5, 5.41) is 23.9. The van der Waals surface area contributed by atoms with Crippen molar-refractivity contribution in [2.45, 2.75) is 43.9 Å². The Balaban J connectivity index is 1.65. The number of phenolic OH excluding ortho intramolecular Hbond substituents is 1. The van der Waals surface area contributed by atoms with E-state index in [0.717, 1.165) is 48.6 Å². The third-order valence-electron chi connectivity index (χ3n) is 6.04. The number of hydrogen-bond donors (Lipinski definition) is 2. The van der Waals surface area contributed by atoms with E-state index < -0.39 is 17.5 Å². The quantitative estimate of drug-likeness (QED) is 0.588. The zero-order valence-corrected chi connectivity index (χ0v) is 17.4. The Bertz CT molecular complexity index is 1080. The average Bonchev–Trinajstić information content (AvgIpc) is 2.74. The lowest BCUT2D eigenvalue weighted by Crippen LogP contribution is -2.36. The maximum atomic E-state index is 12.9. The monoisotopic (exact) mass is 430 g/mol. The number of benzene rings is 2. The van der Waals surface area contributed by atoms with Crippen LogP contribution < -0.4 is 5.32 Å². The van der Waals surface area contributed by atoms with E-state index in [4.69, 9.17) is 0 Å². The van der Waals surface area contributed by atoms with Crippen molar-refractivity contribution in [1.82, 2.24) is 15.1 Å². The smallest absolute Gasteiger partial charge is 0.416 e. The Kier molecular flexibility index (Phi) is 5.75. The fourth-order valence-corrected chi connectivity index (χ4v) is 4.25. The molecule has 2 N–H and O–H groups in total. The lowest BCUT2D eigenvalue weighted by molar-refractivity contribution is -0.137. The molecule has 0 radical (unpaired) electrons. The SMILES string of the molecule is CN(C)[C@H]1CC[C@H](Nc2nnc(-c3ccc(C(F)(F)F)cc3O)c3ccccc23)CC1. The summed E-state index contributed by atoms with van der Waals surface area (Å²) in [6.45, 7) is 0. The van der Waals surface area contributed by atoms with Gasteiger partial charge in [-0.15, -0.1) is 10.2 Å². The van der Waals surface area contributed by atoms with Gasteiger partial charge in [-0.3, -0.25) is 0 Å². The molecule has 0 spiro atoms. The molecule has 1 aliphatic rings. The highest BCUT2D eigenvalue weighted by molar-refractivity contribution is 6.00. The molecule has 31 heavy (non-hydrogen) atoms. The van der Waals surface area contributed by atoms with E-state index in [1.165, 1.54) is 6.07 Å². The molecule has 164 valence electrons. The molecule has 3 aromatic rings. The van der Waals surface area contributed by atoms with Crippen LogP contribution in [-0.2, 0) is 6.18 Å². The van der Waals surface area contributed by atoms with Crippen molar-refractivity contribution in [3.05, 3.63) is 48.0 Å². The molecule has 1 aromatic heterocycles. The molecule has 0 aliphatic heterocycles. The zero-order valence-electron chi connectivity index (χ0n) is 17.4. The van der Waals surface area contributed by atoms with Crippen LogP contribution in [0.3, 0.4) is 0 Å². The predicted molar refractivity (Wildman–Crippen MR) is 115 cm³/mol. The van der Waals surface area contributed by atoms with Crippen molar-refractivity contribution in [2.24, 2.45) is 0 Å². The van der Waals surface area contributed by atoms with Crippen molar-refractivity contribution in [3.8, 4) is 17.0 Å². The molecule has 0 bridgehead atoms. The molecular weight excluding hydrogens is 405 g/mol. The van der Waals surface area contributed by atoms with Crippen molar-refractivity contribution in [2.75, 3.05) is 19.4 Å². The summed E-state index contributed by atoms with van der Waals surface area (Å²) in [6.07, 6.45) is -0.259. The number of fused-ring (bicyclic) bond motifs is 1. The number of hydrogen-bond acceptors (Lipinski definition) is 5. The first-order valence-corrected chi connectivity index (χ1v) is 10.3. The summed E-state index contributed by atoms with van der Waals surface area (Å²) in [6, 6.07) is 11.2. The number of alkyl halides is 3.